The van der Waals surface area contributed by atoms with Crippen LogP contribution in [0.2, 0.25) is 0 Å². The van der Waals surface area contributed by atoms with Crippen molar-refractivity contribution < 1.29 is 9.59 Å². The van der Waals surface area contributed by atoms with E-state index in [1.54, 1.807) is 0 Å². The maximum absolute atomic E-state index is 11.9. The monoisotopic (exact) mass is 430 g/mol. The summed E-state index contributed by atoms with van der Waals surface area (Å²) in [5, 5.41) is 9.88. The highest BCUT2D eigenvalue weighted by molar-refractivity contribution is 5.97. The van der Waals surface area contributed by atoms with Crippen molar-refractivity contribution in [3.8, 4) is 0 Å². The van der Waals surface area contributed by atoms with Crippen molar-refractivity contribution in [3.05, 3.63) is 11.8 Å². The Hall–Kier alpha value is -2.38. The molecule has 2 fully saturated rings. The second kappa shape index (κ2) is 11.3. The normalized spacial score (nSPS) is 23.0. The molecule has 172 valence electrons. The average molecular weight is 431 g/mol. The van der Waals surface area contributed by atoms with Gasteiger partial charge in [0.1, 0.15) is 5.82 Å². The number of aromatic nitrogens is 2. The van der Waals surface area contributed by atoms with Gasteiger partial charge in [-0.3, -0.25) is 9.59 Å². The lowest BCUT2D eigenvalue weighted by molar-refractivity contribution is -0.121. The second-order valence-corrected chi connectivity index (χ2v) is 9.17. The number of nitrogens with two attached hydrogens (primary N) is 1. The quantitative estimate of drug-likeness (QED) is 0.476. The van der Waals surface area contributed by atoms with Gasteiger partial charge in [-0.2, -0.15) is 4.98 Å². The van der Waals surface area contributed by atoms with Crippen LogP contribution < -0.4 is 21.7 Å². The molecule has 2 saturated carbocycles. The largest absolute Gasteiger partial charge is 0.367 e. The number of hydrogen-bond donors (Lipinski definition) is 4. The lowest BCUT2D eigenvalue weighted by Gasteiger charge is -2.30. The maximum Gasteiger partial charge on any atom is 0.254 e. The first-order valence-electron chi connectivity index (χ1n) is 11.9. The molecule has 0 radical (unpaired) electrons. The molecule has 0 unspecified atom stereocenters. The SMILES string of the molecule is CCC(=O)NC[C@H]1CC[C@@H](Nc2nc(N[C@@H](C)C3CCCCC3)ncc2C(N)=O)CC1. The average Bonchev–Trinajstić information content (AvgIpc) is 2.79. The molecule has 8 nitrogen and oxygen atoms in total. The smallest absolute Gasteiger partial charge is 0.254 e. The fraction of sp³-hybridized carbons (Fsp3) is 0.739. The summed E-state index contributed by atoms with van der Waals surface area (Å²) >= 11 is 0. The summed E-state index contributed by atoms with van der Waals surface area (Å²) in [6, 6.07) is 0.524. The van der Waals surface area contributed by atoms with Crippen molar-refractivity contribution in [2.75, 3.05) is 17.2 Å². The summed E-state index contributed by atoms with van der Waals surface area (Å²) in [6.07, 6.45) is 12.4. The Kier molecular flexibility index (Phi) is 8.49. The number of amides is 2. The first kappa shape index (κ1) is 23.3. The van der Waals surface area contributed by atoms with Crippen molar-refractivity contribution >= 4 is 23.6 Å². The zero-order chi connectivity index (χ0) is 22.2. The topological polar surface area (TPSA) is 122 Å². The van der Waals surface area contributed by atoms with E-state index in [1.165, 1.54) is 38.3 Å². The molecule has 2 aliphatic carbocycles. The van der Waals surface area contributed by atoms with Gasteiger partial charge in [-0.25, -0.2) is 4.98 Å². The van der Waals surface area contributed by atoms with E-state index in [0.717, 1.165) is 32.2 Å². The van der Waals surface area contributed by atoms with Gasteiger partial charge >= 0.3 is 0 Å². The molecule has 1 atom stereocenters. The van der Waals surface area contributed by atoms with Crippen LogP contribution >= 0.6 is 0 Å². The van der Waals surface area contributed by atoms with Gasteiger partial charge in [-0.05, 0) is 57.3 Å². The molecule has 0 bridgehead atoms. The maximum atomic E-state index is 11.9. The van der Waals surface area contributed by atoms with Crippen LogP contribution in [0.3, 0.4) is 0 Å². The number of rotatable bonds is 9. The van der Waals surface area contributed by atoms with Gasteiger partial charge in [0.15, 0.2) is 0 Å². The number of nitrogens with one attached hydrogen (secondary N) is 3. The third kappa shape index (κ3) is 6.80. The lowest BCUT2D eigenvalue weighted by atomic mass is 9.85. The molecule has 5 N–H and O–H groups in total. The molecule has 2 aliphatic rings. The standard InChI is InChI=1S/C23H38N6O2/c1-3-20(30)25-13-16-9-11-18(12-10-16)28-22-19(21(24)31)14-26-23(29-22)27-15(2)17-7-5-4-6-8-17/h14-18H,3-13H2,1-2H3,(H2,24,31)(H,25,30)(H2,26,27,28,29)/t15-,16-,18+/m0/s1. The van der Waals surface area contributed by atoms with Crippen molar-refractivity contribution in [2.45, 2.75) is 90.1 Å². The van der Waals surface area contributed by atoms with Crippen LogP contribution in [0.25, 0.3) is 0 Å². The van der Waals surface area contributed by atoms with Crippen LogP contribution in [-0.4, -0.2) is 40.4 Å². The van der Waals surface area contributed by atoms with Gasteiger partial charge in [0.05, 0.1) is 5.56 Å². The number of carbonyl (C=O) groups excluding carboxylic acids is 2. The Morgan fingerprint density at radius 3 is 2.48 bits per heavy atom. The number of nitrogens with zero attached hydrogens (tertiary/aromatic N) is 2. The Morgan fingerprint density at radius 2 is 1.84 bits per heavy atom. The summed E-state index contributed by atoms with van der Waals surface area (Å²) in [7, 11) is 0. The van der Waals surface area contributed by atoms with Gasteiger partial charge in [-0.1, -0.05) is 26.2 Å². The Bertz CT molecular complexity index is 742. The van der Waals surface area contributed by atoms with Crippen LogP contribution in [0.1, 0.15) is 88.4 Å². The van der Waals surface area contributed by atoms with E-state index in [4.69, 9.17) is 5.73 Å². The van der Waals surface area contributed by atoms with Gasteiger partial charge in [0.25, 0.3) is 5.91 Å². The molecule has 1 aromatic rings. The molecule has 0 aliphatic heterocycles. The van der Waals surface area contributed by atoms with Gasteiger partial charge < -0.3 is 21.7 Å². The molecule has 0 aromatic carbocycles. The van der Waals surface area contributed by atoms with E-state index >= 15 is 0 Å². The van der Waals surface area contributed by atoms with Gasteiger partial charge in [-0.15, -0.1) is 0 Å². The van der Waals surface area contributed by atoms with E-state index < -0.39 is 5.91 Å². The predicted molar refractivity (Wildman–Crippen MR) is 123 cm³/mol. The Morgan fingerprint density at radius 1 is 1.13 bits per heavy atom. The highest BCUT2D eigenvalue weighted by Gasteiger charge is 2.25. The highest BCUT2D eigenvalue weighted by atomic mass is 16.1. The fourth-order valence-electron chi connectivity index (χ4n) is 4.78. The van der Waals surface area contributed by atoms with Crippen LogP contribution in [-0.2, 0) is 4.79 Å². The van der Waals surface area contributed by atoms with Crippen LogP contribution in [0, 0.1) is 11.8 Å². The van der Waals surface area contributed by atoms with Crippen LogP contribution in [0.4, 0.5) is 11.8 Å². The van der Waals surface area contributed by atoms with E-state index in [2.05, 4.69) is 32.8 Å². The first-order valence-corrected chi connectivity index (χ1v) is 11.9. The molecular weight excluding hydrogens is 392 g/mol. The summed E-state index contributed by atoms with van der Waals surface area (Å²) in [6.45, 7) is 4.80. The molecule has 2 amide bonds. The van der Waals surface area contributed by atoms with E-state index in [1.807, 2.05) is 6.92 Å². The summed E-state index contributed by atoms with van der Waals surface area (Å²) in [5.41, 5.74) is 5.90. The zero-order valence-corrected chi connectivity index (χ0v) is 19.0. The molecule has 8 heteroatoms. The van der Waals surface area contributed by atoms with E-state index in [-0.39, 0.29) is 11.9 Å². The highest BCUT2D eigenvalue weighted by Crippen LogP contribution is 2.29. The Labute approximate surface area is 185 Å². The molecular formula is C23H38N6O2. The predicted octanol–water partition coefficient (Wildman–Crippen LogP) is 3.45. The minimum Gasteiger partial charge on any atom is -0.367 e. The van der Waals surface area contributed by atoms with E-state index in [9.17, 15) is 9.59 Å². The third-order valence-corrected chi connectivity index (χ3v) is 6.86. The van der Waals surface area contributed by atoms with Crippen LogP contribution in [0.15, 0.2) is 6.20 Å². The summed E-state index contributed by atoms with van der Waals surface area (Å²) < 4.78 is 0. The summed E-state index contributed by atoms with van der Waals surface area (Å²) in [5.74, 6) is 1.78. The lowest BCUT2D eigenvalue weighted by Crippen LogP contribution is -2.34. The van der Waals surface area contributed by atoms with Crippen molar-refractivity contribution in [1.29, 1.82) is 0 Å². The van der Waals surface area contributed by atoms with Crippen molar-refractivity contribution in [3.63, 3.8) is 0 Å². The fourth-order valence-corrected chi connectivity index (χ4v) is 4.78. The zero-order valence-electron chi connectivity index (χ0n) is 19.0. The van der Waals surface area contributed by atoms with Crippen molar-refractivity contribution in [2.24, 2.45) is 17.6 Å². The minimum absolute atomic E-state index is 0.106. The molecule has 1 heterocycles. The molecule has 1 aromatic heterocycles. The number of anilines is 2. The number of hydrogen-bond acceptors (Lipinski definition) is 6. The summed E-state index contributed by atoms with van der Waals surface area (Å²) in [4.78, 5) is 32.4. The minimum atomic E-state index is -0.523. The van der Waals surface area contributed by atoms with Gasteiger partial charge in [0, 0.05) is 31.2 Å². The molecule has 3 rings (SSSR count). The molecule has 31 heavy (non-hydrogen) atoms. The van der Waals surface area contributed by atoms with Crippen LogP contribution in [0.5, 0.6) is 0 Å². The Balaban J connectivity index is 1.58. The third-order valence-electron chi connectivity index (χ3n) is 6.86. The first-order chi connectivity index (χ1) is 15.0. The second-order valence-electron chi connectivity index (χ2n) is 9.17. The van der Waals surface area contributed by atoms with E-state index in [0.29, 0.717) is 41.6 Å². The number of primary amides is 1. The van der Waals surface area contributed by atoms with Gasteiger partial charge in [0.2, 0.25) is 11.9 Å². The number of carbonyl (C=O) groups is 2. The molecule has 0 spiro atoms. The molecule has 0 saturated heterocycles. The van der Waals surface area contributed by atoms with Crippen molar-refractivity contribution in [1.82, 2.24) is 15.3 Å².